The van der Waals surface area contributed by atoms with Crippen LogP contribution in [0.5, 0.6) is 5.75 Å². The Labute approximate surface area is 115 Å². The van der Waals surface area contributed by atoms with Gasteiger partial charge in [-0.1, -0.05) is 68.5 Å². The molecule has 2 rings (SSSR count). The van der Waals surface area contributed by atoms with Gasteiger partial charge in [0.05, 0.1) is 0 Å². The van der Waals surface area contributed by atoms with E-state index in [2.05, 4.69) is 32.6 Å². The maximum Gasteiger partial charge on any atom is 0.119 e. The van der Waals surface area contributed by atoms with Crippen molar-refractivity contribution in [3.8, 4) is 5.75 Å². The van der Waals surface area contributed by atoms with Crippen LogP contribution in [0.4, 0.5) is 0 Å². The van der Waals surface area contributed by atoms with Crippen LogP contribution in [0.2, 0.25) is 0 Å². The summed E-state index contributed by atoms with van der Waals surface area (Å²) in [4.78, 5) is 0. The molecule has 1 heteroatoms. The zero-order chi connectivity index (χ0) is 14.0. The van der Waals surface area contributed by atoms with E-state index in [1.54, 1.807) is 6.07 Å². The smallest absolute Gasteiger partial charge is 0.119 e. The molecule has 0 heterocycles. The van der Waals surface area contributed by atoms with Gasteiger partial charge in [-0.05, 0) is 24.1 Å². The summed E-state index contributed by atoms with van der Waals surface area (Å²) in [7, 11) is 0. The number of aromatic hydroxyl groups is 1. The summed E-state index contributed by atoms with van der Waals surface area (Å²) in [5, 5.41) is 10.1. The highest BCUT2D eigenvalue weighted by Crippen LogP contribution is 2.39. The second-order valence-electron chi connectivity index (χ2n) is 5.47. The normalized spacial score (nSPS) is 11.3. The monoisotopic (exact) mass is 252 g/mol. The van der Waals surface area contributed by atoms with Gasteiger partial charge in [-0.3, -0.25) is 0 Å². The lowest BCUT2D eigenvalue weighted by Crippen LogP contribution is -2.20. The molecular weight excluding hydrogens is 232 g/mol. The van der Waals surface area contributed by atoms with Crippen LogP contribution in [-0.2, 0) is 5.41 Å². The zero-order valence-corrected chi connectivity index (χ0v) is 11.8. The summed E-state index contributed by atoms with van der Waals surface area (Å²) in [5.41, 5.74) is 4.04. The van der Waals surface area contributed by atoms with E-state index >= 15 is 0 Å². The van der Waals surface area contributed by atoms with Gasteiger partial charge in [0.2, 0.25) is 0 Å². The predicted octanol–water partition coefficient (Wildman–Crippen LogP) is 4.75. The fraction of sp³-hybridized carbons (Fsp3) is 0.222. The molecule has 0 aliphatic rings. The van der Waals surface area contributed by atoms with E-state index in [1.165, 1.54) is 5.56 Å². The summed E-state index contributed by atoms with van der Waals surface area (Å²) in [6, 6.07) is 15.8. The quantitative estimate of drug-likeness (QED) is 0.835. The topological polar surface area (TPSA) is 20.2 Å². The summed E-state index contributed by atoms with van der Waals surface area (Å²) in [5.74, 6) is 0.337. The van der Waals surface area contributed by atoms with Crippen LogP contribution in [0, 0.1) is 0 Å². The number of allylic oxidation sites excluding steroid dienone is 1. The van der Waals surface area contributed by atoms with Gasteiger partial charge in [-0.25, -0.2) is 0 Å². The third-order valence-corrected chi connectivity index (χ3v) is 3.64. The highest BCUT2D eigenvalue weighted by molar-refractivity contribution is 5.67. The molecule has 98 valence electrons. The van der Waals surface area contributed by atoms with Gasteiger partial charge in [0.1, 0.15) is 5.75 Å². The van der Waals surface area contributed by atoms with Crippen LogP contribution in [-0.4, -0.2) is 5.11 Å². The van der Waals surface area contributed by atoms with Crippen LogP contribution in [0.3, 0.4) is 0 Å². The molecule has 0 saturated carbocycles. The maximum absolute atomic E-state index is 10.1. The Morgan fingerprint density at radius 3 is 2.05 bits per heavy atom. The zero-order valence-electron chi connectivity index (χ0n) is 11.8. The molecule has 0 spiro atoms. The van der Waals surface area contributed by atoms with E-state index in [1.807, 2.05) is 37.3 Å². The van der Waals surface area contributed by atoms with Gasteiger partial charge in [0.15, 0.2) is 0 Å². The van der Waals surface area contributed by atoms with E-state index < -0.39 is 0 Å². The van der Waals surface area contributed by atoms with Crippen molar-refractivity contribution in [1.29, 1.82) is 0 Å². The third-order valence-electron chi connectivity index (χ3n) is 3.64. The van der Waals surface area contributed by atoms with Gasteiger partial charge in [0.25, 0.3) is 0 Å². The SMILES string of the molecule is C=C(C)c1ccccc1C(C)(C)c1ccccc1O. The molecule has 0 aliphatic heterocycles. The van der Waals surface area contributed by atoms with Crippen LogP contribution >= 0.6 is 0 Å². The molecule has 0 amide bonds. The minimum Gasteiger partial charge on any atom is -0.508 e. The van der Waals surface area contributed by atoms with Crippen molar-refractivity contribution in [2.75, 3.05) is 0 Å². The first kappa shape index (κ1) is 13.4. The molecule has 1 N–H and O–H groups in total. The molecule has 2 aromatic carbocycles. The largest absolute Gasteiger partial charge is 0.508 e. The fourth-order valence-corrected chi connectivity index (χ4v) is 2.55. The fourth-order valence-electron chi connectivity index (χ4n) is 2.55. The minimum absolute atomic E-state index is 0.263. The van der Waals surface area contributed by atoms with Crippen molar-refractivity contribution in [1.82, 2.24) is 0 Å². The Morgan fingerprint density at radius 2 is 1.47 bits per heavy atom. The van der Waals surface area contributed by atoms with Crippen LogP contribution in [0.25, 0.3) is 5.57 Å². The predicted molar refractivity (Wildman–Crippen MR) is 81.4 cm³/mol. The molecule has 0 bridgehead atoms. The molecule has 2 aromatic rings. The van der Waals surface area contributed by atoms with Crippen molar-refractivity contribution >= 4 is 5.57 Å². The number of hydrogen-bond donors (Lipinski definition) is 1. The lowest BCUT2D eigenvalue weighted by molar-refractivity contribution is 0.453. The van der Waals surface area contributed by atoms with E-state index in [-0.39, 0.29) is 5.41 Å². The average molecular weight is 252 g/mol. The third kappa shape index (κ3) is 2.41. The molecule has 0 saturated heterocycles. The van der Waals surface area contributed by atoms with Crippen LogP contribution in [0.1, 0.15) is 37.5 Å². The highest BCUT2D eigenvalue weighted by Gasteiger charge is 2.28. The molecule has 0 radical (unpaired) electrons. The molecule has 0 fully saturated rings. The summed E-state index contributed by atoms with van der Waals surface area (Å²) in [6.45, 7) is 10.3. The Bertz CT molecular complexity index is 609. The van der Waals surface area contributed by atoms with E-state index in [0.29, 0.717) is 5.75 Å². The van der Waals surface area contributed by atoms with Crippen LogP contribution in [0.15, 0.2) is 55.1 Å². The Balaban J connectivity index is 2.63. The molecule has 0 atom stereocenters. The lowest BCUT2D eigenvalue weighted by Gasteiger charge is -2.29. The van der Waals surface area contributed by atoms with Gasteiger partial charge in [0, 0.05) is 11.0 Å². The first-order valence-corrected chi connectivity index (χ1v) is 6.48. The number of para-hydroxylation sites is 1. The maximum atomic E-state index is 10.1. The molecular formula is C18H20O. The number of benzene rings is 2. The Kier molecular flexibility index (Phi) is 3.48. The first-order chi connectivity index (χ1) is 8.94. The van der Waals surface area contributed by atoms with Crippen molar-refractivity contribution in [3.63, 3.8) is 0 Å². The molecule has 0 aliphatic carbocycles. The summed E-state index contributed by atoms with van der Waals surface area (Å²) < 4.78 is 0. The van der Waals surface area contributed by atoms with Crippen LogP contribution < -0.4 is 0 Å². The van der Waals surface area contributed by atoms with E-state index in [9.17, 15) is 5.11 Å². The number of hydrogen-bond acceptors (Lipinski definition) is 1. The molecule has 1 nitrogen and oxygen atoms in total. The lowest BCUT2D eigenvalue weighted by atomic mass is 9.75. The number of rotatable bonds is 3. The van der Waals surface area contributed by atoms with E-state index in [0.717, 1.165) is 16.7 Å². The Hall–Kier alpha value is -2.02. The summed E-state index contributed by atoms with van der Waals surface area (Å²) in [6.07, 6.45) is 0. The van der Waals surface area contributed by atoms with Crippen molar-refractivity contribution < 1.29 is 5.11 Å². The first-order valence-electron chi connectivity index (χ1n) is 6.48. The van der Waals surface area contributed by atoms with Gasteiger partial charge in [-0.2, -0.15) is 0 Å². The average Bonchev–Trinajstić information content (AvgIpc) is 2.39. The van der Waals surface area contributed by atoms with E-state index in [4.69, 9.17) is 0 Å². The standard InChI is InChI=1S/C18H20O/c1-13(2)14-9-5-6-10-15(14)18(3,4)16-11-7-8-12-17(16)19/h5-12,19H,1H2,2-4H3. The van der Waals surface area contributed by atoms with Crippen molar-refractivity contribution in [2.24, 2.45) is 0 Å². The second-order valence-corrected chi connectivity index (χ2v) is 5.47. The van der Waals surface area contributed by atoms with Crippen molar-refractivity contribution in [2.45, 2.75) is 26.2 Å². The second kappa shape index (κ2) is 4.93. The van der Waals surface area contributed by atoms with Gasteiger partial charge < -0.3 is 5.11 Å². The minimum atomic E-state index is -0.263. The molecule has 0 unspecified atom stereocenters. The Morgan fingerprint density at radius 1 is 0.947 bits per heavy atom. The van der Waals surface area contributed by atoms with Gasteiger partial charge in [-0.15, -0.1) is 0 Å². The number of phenolic OH excluding ortho intramolecular Hbond substituents is 1. The molecule has 0 aromatic heterocycles. The van der Waals surface area contributed by atoms with Gasteiger partial charge >= 0.3 is 0 Å². The highest BCUT2D eigenvalue weighted by atomic mass is 16.3. The number of phenols is 1. The summed E-state index contributed by atoms with van der Waals surface area (Å²) >= 11 is 0. The van der Waals surface area contributed by atoms with Crippen molar-refractivity contribution in [3.05, 3.63) is 71.8 Å². The molecule has 19 heavy (non-hydrogen) atoms.